The number of alkyl halides is 3. The maximum Gasteiger partial charge on any atom is 0.339 e. The fourth-order valence-corrected chi connectivity index (χ4v) is 2.69. The molecule has 1 atom stereocenters. The van der Waals surface area contributed by atoms with Crippen LogP contribution < -0.4 is 16.0 Å². The molecule has 150 valence electrons. The number of carbonyl (C=O) groups excluding carboxylic acids is 2. The number of carbonyl (C=O) groups is 2. The number of rotatable bonds is 8. The van der Waals surface area contributed by atoms with Gasteiger partial charge in [-0.2, -0.15) is 0 Å². The lowest BCUT2D eigenvalue weighted by Gasteiger charge is -2.28. The van der Waals surface area contributed by atoms with Crippen LogP contribution in [0, 0.1) is 0 Å². The zero-order valence-corrected chi connectivity index (χ0v) is 18.1. The van der Waals surface area contributed by atoms with Gasteiger partial charge in [-0.25, -0.2) is 4.79 Å². The number of nitrogens with one attached hydrogen (secondary N) is 3. The molecule has 0 radical (unpaired) electrons. The number of hydrogen-bond acceptors (Lipinski definition) is 4. The van der Waals surface area contributed by atoms with Gasteiger partial charge in [-0.1, -0.05) is 66.7 Å². The highest BCUT2D eigenvalue weighted by atomic mass is 35.6. The number of esters is 1. The number of benzene rings is 1. The molecule has 1 aromatic carbocycles. The number of ether oxygens (including phenoxy) is 1. The second kappa shape index (κ2) is 11.5. The van der Waals surface area contributed by atoms with E-state index in [2.05, 4.69) is 16.0 Å². The standard InChI is InChI=1S/C17H22Cl3N3O3S/c1-3-4-5-10-13(24)22-15(17(18,19)20)23-16(27)21-12-9-7-6-8-11(12)14(25)26-2/h6-9,15H,3-5,10H2,1-2H3,(H,22,24)(H2,21,23,27)/t15-/m1/s1. The van der Waals surface area contributed by atoms with Gasteiger partial charge in [-0.15, -0.1) is 0 Å². The monoisotopic (exact) mass is 453 g/mol. The first kappa shape index (κ1) is 23.8. The molecular weight excluding hydrogens is 433 g/mol. The Morgan fingerprint density at radius 1 is 1.19 bits per heavy atom. The van der Waals surface area contributed by atoms with Crippen molar-refractivity contribution >= 4 is 69.7 Å². The van der Waals surface area contributed by atoms with E-state index in [-0.39, 0.29) is 16.6 Å². The Hall–Kier alpha value is -1.28. The predicted octanol–water partition coefficient (Wildman–Crippen LogP) is 4.15. The van der Waals surface area contributed by atoms with E-state index >= 15 is 0 Å². The Labute approximate surface area is 179 Å². The van der Waals surface area contributed by atoms with Crippen LogP contribution in [0.3, 0.4) is 0 Å². The van der Waals surface area contributed by atoms with E-state index < -0.39 is 15.9 Å². The number of halogens is 3. The van der Waals surface area contributed by atoms with Crippen molar-refractivity contribution in [2.24, 2.45) is 0 Å². The van der Waals surface area contributed by atoms with Crippen LogP contribution in [-0.4, -0.2) is 34.1 Å². The van der Waals surface area contributed by atoms with Crippen molar-refractivity contribution in [1.29, 1.82) is 0 Å². The number of unbranched alkanes of at least 4 members (excludes halogenated alkanes) is 2. The zero-order chi connectivity index (χ0) is 20.4. The van der Waals surface area contributed by atoms with Gasteiger partial charge in [0.25, 0.3) is 0 Å². The molecule has 6 nitrogen and oxygen atoms in total. The van der Waals surface area contributed by atoms with E-state index in [1.807, 2.05) is 6.92 Å². The lowest BCUT2D eigenvalue weighted by atomic mass is 10.2. The second-order valence-corrected chi connectivity index (χ2v) is 8.41. The van der Waals surface area contributed by atoms with Gasteiger partial charge in [0.2, 0.25) is 9.70 Å². The summed E-state index contributed by atoms with van der Waals surface area (Å²) in [7, 11) is 1.28. The van der Waals surface area contributed by atoms with E-state index in [1.165, 1.54) is 7.11 Å². The van der Waals surface area contributed by atoms with Gasteiger partial charge >= 0.3 is 5.97 Å². The molecule has 0 aliphatic carbocycles. The predicted molar refractivity (Wildman–Crippen MR) is 114 cm³/mol. The smallest absolute Gasteiger partial charge is 0.339 e. The molecule has 1 aromatic rings. The van der Waals surface area contributed by atoms with E-state index in [9.17, 15) is 9.59 Å². The zero-order valence-electron chi connectivity index (χ0n) is 15.0. The maximum absolute atomic E-state index is 12.0. The molecule has 0 fully saturated rings. The minimum Gasteiger partial charge on any atom is -0.465 e. The van der Waals surface area contributed by atoms with Crippen LogP contribution in [-0.2, 0) is 9.53 Å². The fourth-order valence-electron chi connectivity index (χ4n) is 2.14. The second-order valence-electron chi connectivity index (χ2n) is 5.63. The third kappa shape index (κ3) is 8.51. The molecule has 0 bridgehead atoms. The number of amides is 1. The van der Waals surface area contributed by atoms with Crippen molar-refractivity contribution in [3.05, 3.63) is 29.8 Å². The summed E-state index contributed by atoms with van der Waals surface area (Å²) in [6.45, 7) is 2.04. The van der Waals surface area contributed by atoms with Crippen molar-refractivity contribution in [3.63, 3.8) is 0 Å². The molecule has 0 aliphatic rings. The van der Waals surface area contributed by atoms with Gasteiger partial charge in [0.1, 0.15) is 6.17 Å². The number of para-hydroxylation sites is 1. The molecule has 0 saturated carbocycles. The Balaban J connectivity index is 2.78. The van der Waals surface area contributed by atoms with Gasteiger partial charge in [-0.05, 0) is 30.8 Å². The summed E-state index contributed by atoms with van der Waals surface area (Å²) < 4.78 is 2.89. The maximum atomic E-state index is 12.0. The molecule has 1 amide bonds. The molecule has 27 heavy (non-hydrogen) atoms. The summed E-state index contributed by atoms with van der Waals surface area (Å²) in [6, 6.07) is 6.64. The third-order valence-corrected chi connectivity index (χ3v) is 4.37. The highest BCUT2D eigenvalue weighted by Crippen LogP contribution is 2.29. The Bertz CT molecular complexity index is 668. The van der Waals surface area contributed by atoms with E-state index in [1.54, 1.807) is 24.3 Å². The van der Waals surface area contributed by atoms with Gasteiger partial charge in [0, 0.05) is 6.42 Å². The number of anilines is 1. The highest BCUT2D eigenvalue weighted by molar-refractivity contribution is 7.80. The normalized spacial score (nSPS) is 12.0. The molecule has 0 heterocycles. The highest BCUT2D eigenvalue weighted by Gasteiger charge is 2.34. The molecule has 0 aromatic heterocycles. The lowest BCUT2D eigenvalue weighted by Crippen LogP contribution is -2.56. The molecule has 0 unspecified atom stereocenters. The number of thiocarbonyl (C=S) groups is 1. The molecule has 0 saturated heterocycles. The van der Waals surface area contributed by atoms with Gasteiger partial charge in [0.15, 0.2) is 5.11 Å². The van der Waals surface area contributed by atoms with Crippen molar-refractivity contribution in [1.82, 2.24) is 10.6 Å². The summed E-state index contributed by atoms with van der Waals surface area (Å²) in [6.07, 6.45) is 1.93. The van der Waals surface area contributed by atoms with Crippen molar-refractivity contribution in [3.8, 4) is 0 Å². The quantitative estimate of drug-likeness (QED) is 0.180. The van der Waals surface area contributed by atoms with Crippen molar-refractivity contribution in [2.75, 3.05) is 12.4 Å². The summed E-state index contributed by atoms with van der Waals surface area (Å²) in [5.41, 5.74) is 0.706. The van der Waals surface area contributed by atoms with Crippen LogP contribution in [0.5, 0.6) is 0 Å². The van der Waals surface area contributed by atoms with E-state index in [4.69, 9.17) is 51.8 Å². The Kier molecular flexibility index (Phi) is 10.2. The molecule has 1 rings (SSSR count). The molecule has 3 N–H and O–H groups in total. The van der Waals surface area contributed by atoms with Crippen LogP contribution in [0.25, 0.3) is 0 Å². The minimum atomic E-state index is -1.84. The first-order valence-corrected chi connectivity index (χ1v) is 9.84. The van der Waals surface area contributed by atoms with Crippen molar-refractivity contribution in [2.45, 2.75) is 42.6 Å². The number of methoxy groups -OCH3 is 1. The van der Waals surface area contributed by atoms with Crippen LogP contribution in [0.4, 0.5) is 5.69 Å². The molecule has 10 heteroatoms. The SMILES string of the molecule is CCCCCC(=O)N[C@H](NC(=S)Nc1ccccc1C(=O)OC)C(Cl)(Cl)Cl. The minimum absolute atomic E-state index is 0.0662. The first-order chi connectivity index (χ1) is 12.7. The summed E-state index contributed by atoms with van der Waals surface area (Å²) in [5.74, 6) is -0.784. The summed E-state index contributed by atoms with van der Waals surface area (Å²) in [4.78, 5) is 23.9. The van der Waals surface area contributed by atoms with Crippen LogP contribution in [0.1, 0.15) is 43.0 Å². The van der Waals surface area contributed by atoms with Crippen LogP contribution in [0.15, 0.2) is 24.3 Å². The molecule has 0 spiro atoms. The summed E-state index contributed by atoms with van der Waals surface area (Å²) in [5, 5.41) is 8.28. The fraction of sp³-hybridized carbons (Fsp3) is 0.471. The van der Waals surface area contributed by atoms with Gasteiger partial charge < -0.3 is 20.7 Å². The average Bonchev–Trinajstić information content (AvgIpc) is 2.60. The molecule has 0 aliphatic heterocycles. The first-order valence-electron chi connectivity index (χ1n) is 8.30. The largest absolute Gasteiger partial charge is 0.465 e. The lowest BCUT2D eigenvalue weighted by molar-refractivity contribution is -0.122. The van der Waals surface area contributed by atoms with Crippen molar-refractivity contribution < 1.29 is 14.3 Å². The summed E-state index contributed by atoms with van der Waals surface area (Å²) >= 11 is 23.1. The third-order valence-electron chi connectivity index (χ3n) is 3.50. The van der Waals surface area contributed by atoms with E-state index in [0.29, 0.717) is 12.1 Å². The van der Waals surface area contributed by atoms with Crippen LogP contribution in [0.2, 0.25) is 0 Å². The van der Waals surface area contributed by atoms with Gasteiger partial charge in [-0.3, -0.25) is 4.79 Å². The van der Waals surface area contributed by atoms with Gasteiger partial charge in [0.05, 0.1) is 18.4 Å². The topological polar surface area (TPSA) is 79.5 Å². The Morgan fingerprint density at radius 2 is 1.85 bits per heavy atom. The van der Waals surface area contributed by atoms with Crippen LogP contribution >= 0.6 is 47.0 Å². The average molecular weight is 455 g/mol. The molecular formula is C17H22Cl3N3O3S. The number of hydrogen-bond donors (Lipinski definition) is 3. The van der Waals surface area contributed by atoms with E-state index in [0.717, 1.165) is 19.3 Å². The Morgan fingerprint density at radius 3 is 2.44 bits per heavy atom.